The van der Waals surface area contributed by atoms with Crippen LogP contribution in [-0.4, -0.2) is 80.9 Å². The Morgan fingerprint density at radius 1 is 1.42 bits per heavy atom. The number of nitrogens with zero attached hydrogens (tertiary/aromatic N) is 2. The fourth-order valence-electron chi connectivity index (χ4n) is 2.80. The van der Waals surface area contributed by atoms with Crippen molar-refractivity contribution in [3.05, 3.63) is 0 Å². The number of methoxy groups -OCH3 is 1. The van der Waals surface area contributed by atoms with Crippen LogP contribution in [-0.2, 0) is 14.3 Å². The van der Waals surface area contributed by atoms with Crippen LogP contribution in [0.1, 0.15) is 12.8 Å². The molecule has 2 atom stereocenters. The number of rotatable bonds is 5. The van der Waals surface area contributed by atoms with Crippen molar-refractivity contribution >= 4 is 5.91 Å². The zero-order valence-electron chi connectivity index (χ0n) is 11.7. The highest BCUT2D eigenvalue weighted by Crippen LogP contribution is 2.18. The van der Waals surface area contributed by atoms with Gasteiger partial charge < -0.3 is 20.1 Å². The highest BCUT2D eigenvalue weighted by Gasteiger charge is 2.31. The summed E-state index contributed by atoms with van der Waals surface area (Å²) in [5.74, 6) is 0.160. The molecule has 0 aromatic carbocycles. The third-order valence-electron chi connectivity index (χ3n) is 4.08. The maximum Gasteiger partial charge on any atom is 0.225 e. The largest absolute Gasteiger partial charge is 0.380 e. The van der Waals surface area contributed by atoms with Gasteiger partial charge in [-0.1, -0.05) is 0 Å². The fraction of sp³-hybridized carbons (Fsp3) is 0.923. The van der Waals surface area contributed by atoms with E-state index in [2.05, 4.69) is 4.90 Å². The van der Waals surface area contributed by atoms with Crippen molar-refractivity contribution in [3.8, 4) is 0 Å². The summed E-state index contributed by atoms with van der Waals surface area (Å²) < 4.78 is 10.5. The average molecular weight is 271 g/mol. The Morgan fingerprint density at radius 2 is 2.16 bits per heavy atom. The van der Waals surface area contributed by atoms with Gasteiger partial charge in [-0.3, -0.25) is 9.69 Å². The predicted molar refractivity (Wildman–Crippen MR) is 71.8 cm³/mol. The van der Waals surface area contributed by atoms with Gasteiger partial charge in [-0.15, -0.1) is 0 Å². The van der Waals surface area contributed by atoms with Crippen molar-refractivity contribution in [2.24, 2.45) is 5.73 Å². The number of morpholine rings is 1. The van der Waals surface area contributed by atoms with Gasteiger partial charge in [0.1, 0.15) is 0 Å². The van der Waals surface area contributed by atoms with Crippen LogP contribution in [0, 0.1) is 0 Å². The lowest BCUT2D eigenvalue weighted by atomic mass is 10.2. The van der Waals surface area contributed by atoms with Gasteiger partial charge in [-0.05, 0) is 6.42 Å². The number of carbonyl (C=O) groups is 1. The summed E-state index contributed by atoms with van der Waals surface area (Å²) in [5, 5.41) is 0. The van der Waals surface area contributed by atoms with E-state index in [-0.39, 0.29) is 12.0 Å². The Morgan fingerprint density at radius 3 is 2.79 bits per heavy atom. The molecular formula is C13H25N3O3. The van der Waals surface area contributed by atoms with E-state index in [0.717, 1.165) is 45.8 Å². The molecule has 19 heavy (non-hydrogen) atoms. The first-order valence-electron chi connectivity index (χ1n) is 7.07. The van der Waals surface area contributed by atoms with Gasteiger partial charge in [0.05, 0.1) is 25.7 Å². The summed E-state index contributed by atoms with van der Waals surface area (Å²) in [5.41, 5.74) is 5.56. The molecule has 2 aliphatic rings. The molecule has 0 aliphatic carbocycles. The lowest BCUT2D eigenvalue weighted by Crippen LogP contribution is -2.45. The number of hydrogen-bond acceptors (Lipinski definition) is 5. The molecule has 1 amide bonds. The molecule has 0 aromatic heterocycles. The molecule has 2 saturated heterocycles. The van der Waals surface area contributed by atoms with E-state index in [0.29, 0.717) is 19.0 Å². The lowest BCUT2D eigenvalue weighted by Gasteiger charge is -2.32. The number of nitrogens with two attached hydrogens (primary N) is 1. The number of likely N-dealkylation sites (tertiary alicyclic amines) is 1. The van der Waals surface area contributed by atoms with Gasteiger partial charge in [0.15, 0.2) is 0 Å². The molecule has 0 saturated carbocycles. The molecule has 2 N–H and O–H groups in total. The van der Waals surface area contributed by atoms with E-state index in [1.165, 1.54) is 0 Å². The Hall–Kier alpha value is -0.690. The molecule has 2 aliphatic heterocycles. The fourth-order valence-corrected chi connectivity index (χ4v) is 2.80. The van der Waals surface area contributed by atoms with E-state index >= 15 is 0 Å². The molecule has 0 bridgehead atoms. The molecule has 0 radical (unpaired) electrons. The molecule has 0 aromatic rings. The topological polar surface area (TPSA) is 68.0 Å². The van der Waals surface area contributed by atoms with E-state index < -0.39 is 0 Å². The van der Waals surface area contributed by atoms with Crippen LogP contribution < -0.4 is 5.73 Å². The predicted octanol–water partition coefficient (Wildman–Crippen LogP) is -0.717. The molecular weight excluding hydrogens is 246 g/mol. The summed E-state index contributed by atoms with van der Waals surface area (Å²) in [4.78, 5) is 16.5. The Bertz CT molecular complexity index is 291. The summed E-state index contributed by atoms with van der Waals surface area (Å²) in [6.07, 6.45) is 1.30. The molecule has 0 spiro atoms. The minimum absolute atomic E-state index is 0.157. The molecule has 6 heteroatoms. The van der Waals surface area contributed by atoms with Crippen LogP contribution in [0.15, 0.2) is 0 Å². The smallest absolute Gasteiger partial charge is 0.225 e. The maximum atomic E-state index is 12.1. The first kappa shape index (κ1) is 14.7. The average Bonchev–Trinajstić information content (AvgIpc) is 2.95. The van der Waals surface area contributed by atoms with Crippen LogP contribution in [0.25, 0.3) is 0 Å². The van der Waals surface area contributed by atoms with Crippen molar-refractivity contribution in [2.75, 3.05) is 53.0 Å². The van der Waals surface area contributed by atoms with Gasteiger partial charge in [0.2, 0.25) is 5.91 Å². The monoisotopic (exact) mass is 271 g/mol. The van der Waals surface area contributed by atoms with Crippen LogP contribution in [0.2, 0.25) is 0 Å². The third-order valence-corrected chi connectivity index (χ3v) is 4.08. The van der Waals surface area contributed by atoms with Crippen molar-refractivity contribution < 1.29 is 14.3 Å². The van der Waals surface area contributed by atoms with Crippen molar-refractivity contribution in [3.63, 3.8) is 0 Å². The Labute approximate surface area is 114 Å². The summed E-state index contributed by atoms with van der Waals surface area (Å²) in [6, 6.07) is 0.492. The zero-order chi connectivity index (χ0) is 13.7. The SMILES string of the molecule is COC(CN)CC(=O)N1CCC(N2CCOCC2)C1. The molecule has 2 unspecified atom stereocenters. The molecule has 2 heterocycles. The van der Waals surface area contributed by atoms with Crippen molar-refractivity contribution in [2.45, 2.75) is 25.0 Å². The minimum atomic E-state index is -0.157. The minimum Gasteiger partial charge on any atom is -0.380 e. The molecule has 6 nitrogen and oxygen atoms in total. The zero-order valence-corrected chi connectivity index (χ0v) is 11.7. The second-order valence-electron chi connectivity index (χ2n) is 5.23. The Kier molecular flexibility index (Phi) is 5.57. The summed E-state index contributed by atoms with van der Waals surface area (Å²) >= 11 is 0. The second kappa shape index (κ2) is 7.19. The van der Waals surface area contributed by atoms with Gasteiger partial charge in [-0.25, -0.2) is 0 Å². The number of ether oxygens (including phenoxy) is 2. The first-order valence-corrected chi connectivity index (χ1v) is 7.07. The van der Waals surface area contributed by atoms with Crippen LogP contribution in [0.3, 0.4) is 0 Å². The van der Waals surface area contributed by atoms with Crippen molar-refractivity contribution in [1.29, 1.82) is 0 Å². The lowest BCUT2D eigenvalue weighted by molar-refractivity contribution is -0.132. The van der Waals surface area contributed by atoms with Gasteiger partial charge >= 0.3 is 0 Å². The molecule has 2 fully saturated rings. The number of carbonyl (C=O) groups excluding carboxylic acids is 1. The normalized spacial score (nSPS) is 26.6. The van der Waals surface area contributed by atoms with Crippen molar-refractivity contribution in [1.82, 2.24) is 9.80 Å². The van der Waals surface area contributed by atoms with Gasteiger partial charge in [0.25, 0.3) is 0 Å². The molecule has 110 valence electrons. The highest BCUT2D eigenvalue weighted by atomic mass is 16.5. The first-order chi connectivity index (χ1) is 9.24. The highest BCUT2D eigenvalue weighted by molar-refractivity contribution is 5.77. The van der Waals surface area contributed by atoms with Crippen LogP contribution >= 0.6 is 0 Å². The third kappa shape index (κ3) is 3.89. The Balaban J connectivity index is 1.78. The van der Waals surface area contributed by atoms with E-state index in [4.69, 9.17) is 15.2 Å². The molecule has 2 rings (SSSR count). The van der Waals surface area contributed by atoms with E-state index in [9.17, 15) is 4.79 Å². The van der Waals surface area contributed by atoms with E-state index in [1.807, 2.05) is 4.90 Å². The summed E-state index contributed by atoms with van der Waals surface area (Å²) in [7, 11) is 1.60. The van der Waals surface area contributed by atoms with E-state index in [1.54, 1.807) is 7.11 Å². The summed E-state index contributed by atoms with van der Waals surface area (Å²) in [6.45, 7) is 5.66. The van der Waals surface area contributed by atoms with Gasteiger partial charge in [0, 0.05) is 45.9 Å². The standard InChI is InChI=1S/C13H25N3O3/c1-18-12(9-14)8-13(17)16-3-2-11(10-16)15-4-6-19-7-5-15/h11-12H,2-10,14H2,1H3. The van der Waals surface area contributed by atoms with Gasteiger partial charge in [-0.2, -0.15) is 0 Å². The van der Waals surface area contributed by atoms with Crippen LogP contribution in [0.5, 0.6) is 0 Å². The second-order valence-corrected chi connectivity index (χ2v) is 5.23. The number of hydrogen-bond donors (Lipinski definition) is 1. The maximum absolute atomic E-state index is 12.1. The number of amides is 1. The quantitative estimate of drug-likeness (QED) is 0.715. The van der Waals surface area contributed by atoms with Crippen LogP contribution in [0.4, 0.5) is 0 Å².